The molecule has 5 heteroatoms. The summed E-state index contributed by atoms with van der Waals surface area (Å²) in [6, 6.07) is 13.2. The number of hydrogen-bond acceptors (Lipinski definition) is 2. The Kier molecular flexibility index (Phi) is 6.32. The van der Waals surface area contributed by atoms with E-state index in [0.29, 0.717) is 5.15 Å². The van der Waals surface area contributed by atoms with Crippen LogP contribution in [0.25, 0.3) is 5.57 Å². The summed E-state index contributed by atoms with van der Waals surface area (Å²) >= 11 is 6.29. The van der Waals surface area contributed by atoms with Gasteiger partial charge >= 0.3 is 0 Å². The summed E-state index contributed by atoms with van der Waals surface area (Å²) in [6.07, 6.45) is 3.36. The molecule has 1 heterocycles. The smallest absolute Gasteiger partial charge is 0.275 e. The second kappa shape index (κ2) is 8.28. The van der Waals surface area contributed by atoms with Crippen LogP contribution >= 0.6 is 11.6 Å². The van der Waals surface area contributed by atoms with E-state index >= 15 is 0 Å². The molecule has 1 N–H and O–H groups in total. The zero-order valence-electron chi connectivity index (χ0n) is 15.5. The maximum atomic E-state index is 12.4. The molecule has 0 bridgehead atoms. The van der Waals surface area contributed by atoms with Crippen molar-refractivity contribution in [2.24, 2.45) is 5.41 Å². The van der Waals surface area contributed by atoms with Crippen molar-refractivity contribution in [1.82, 2.24) is 5.32 Å². The van der Waals surface area contributed by atoms with Crippen LogP contribution in [-0.2, 0) is 16.1 Å². The fraction of sp³-hybridized carbons (Fsp3) is 0.286. The normalized spacial score (nSPS) is 12.0. The average Bonchev–Trinajstić information content (AvgIpc) is 2.61. The molecule has 1 amide bonds. The highest BCUT2D eigenvalue weighted by molar-refractivity contribution is 6.28. The predicted molar refractivity (Wildman–Crippen MR) is 104 cm³/mol. The molecule has 0 aliphatic carbocycles. The molecule has 0 spiro atoms. The summed E-state index contributed by atoms with van der Waals surface area (Å²) < 4.78 is 1.71. The third-order valence-electron chi connectivity index (χ3n) is 4.04. The number of rotatable bonds is 5. The van der Waals surface area contributed by atoms with Crippen LogP contribution in [0.3, 0.4) is 0 Å². The number of carbonyl (C=O) groups is 2. The first kappa shape index (κ1) is 19.9. The van der Waals surface area contributed by atoms with Crippen LogP contribution < -0.4 is 9.88 Å². The van der Waals surface area contributed by atoms with Gasteiger partial charge in [0.1, 0.15) is 0 Å². The summed E-state index contributed by atoms with van der Waals surface area (Å²) in [6.45, 7) is 5.83. The van der Waals surface area contributed by atoms with Gasteiger partial charge in [0.25, 0.3) is 5.15 Å². The highest BCUT2D eigenvalue weighted by atomic mass is 35.5. The first-order valence-corrected chi connectivity index (χ1v) is 8.81. The van der Waals surface area contributed by atoms with Gasteiger partial charge in [-0.3, -0.25) is 9.59 Å². The van der Waals surface area contributed by atoms with E-state index < -0.39 is 5.41 Å². The zero-order chi connectivity index (χ0) is 19.3. The lowest BCUT2D eigenvalue weighted by atomic mass is 9.91. The largest absolute Gasteiger partial charge is 0.356 e. The second-order valence-electron chi connectivity index (χ2n) is 7.08. The Bertz CT molecular complexity index is 837. The van der Waals surface area contributed by atoms with Gasteiger partial charge in [-0.15, -0.1) is 0 Å². The fourth-order valence-electron chi connectivity index (χ4n) is 2.35. The van der Waals surface area contributed by atoms with Crippen molar-refractivity contribution >= 4 is 28.9 Å². The van der Waals surface area contributed by atoms with Gasteiger partial charge in [0.15, 0.2) is 6.20 Å². The summed E-state index contributed by atoms with van der Waals surface area (Å²) in [5.41, 5.74) is 2.03. The zero-order valence-corrected chi connectivity index (χ0v) is 16.3. The number of carbonyl (C=O) groups excluding carboxylic acids is 2. The Hall–Kier alpha value is -2.46. The number of halogens is 1. The van der Waals surface area contributed by atoms with Gasteiger partial charge in [-0.2, -0.15) is 4.57 Å². The third kappa shape index (κ3) is 5.02. The van der Waals surface area contributed by atoms with E-state index in [2.05, 4.69) is 5.32 Å². The molecule has 0 aliphatic heterocycles. The van der Waals surface area contributed by atoms with E-state index in [4.69, 9.17) is 11.6 Å². The highest BCUT2D eigenvalue weighted by Crippen LogP contribution is 2.23. The van der Waals surface area contributed by atoms with Crippen molar-refractivity contribution in [1.29, 1.82) is 0 Å². The van der Waals surface area contributed by atoms with E-state index in [1.165, 1.54) is 0 Å². The molecule has 2 rings (SSSR count). The molecule has 0 atom stereocenters. The minimum atomic E-state index is -0.452. The molecule has 0 aliphatic rings. The number of benzene rings is 1. The molecular weight excluding hydrogens is 348 g/mol. The van der Waals surface area contributed by atoms with Crippen LogP contribution in [-0.4, -0.2) is 18.7 Å². The molecule has 0 unspecified atom stereocenters. The molecular formula is C21H24ClN2O2+. The molecule has 0 radical (unpaired) electrons. The number of pyridine rings is 1. The first-order chi connectivity index (χ1) is 12.2. The number of Topliss-reactive ketones (excluding diaryl/α,β-unsaturated/α-hetero) is 1. The number of amides is 1. The van der Waals surface area contributed by atoms with E-state index in [-0.39, 0.29) is 18.2 Å². The van der Waals surface area contributed by atoms with Crippen LogP contribution in [0, 0.1) is 5.41 Å². The maximum absolute atomic E-state index is 12.4. The van der Waals surface area contributed by atoms with Gasteiger partial charge < -0.3 is 5.32 Å². The van der Waals surface area contributed by atoms with Crippen LogP contribution in [0.2, 0.25) is 5.15 Å². The van der Waals surface area contributed by atoms with Crippen molar-refractivity contribution in [3.05, 3.63) is 71.0 Å². The van der Waals surface area contributed by atoms with Gasteiger partial charge in [-0.05, 0) is 23.2 Å². The van der Waals surface area contributed by atoms with Crippen molar-refractivity contribution in [3.63, 3.8) is 0 Å². The molecule has 26 heavy (non-hydrogen) atoms. The summed E-state index contributed by atoms with van der Waals surface area (Å²) in [4.78, 5) is 24.4. The molecule has 0 saturated heterocycles. The Morgan fingerprint density at radius 2 is 1.73 bits per heavy atom. The number of ketones is 1. The Labute approximate surface area is 159 Å². The number of aromatic nitrogens is 1. The second-order valence-corrected chi connectivity index (χ2v) is 7.47. The lowest BCUT2D eigenvalue weighted by Crippen LogP contribution is -2.43. The third-order valence-corrected chi connectivity index (χ3v) is 4.38. The van der Waals surface area contributed by atoms with Crippen molar-refractivity contribution < 1.29 is 14.2 Å². The van der Waals surface area contributed by atoms with Gasteiger partial charge in [0.2, 0.25) is 18.2 Å². The van der Waals surface area contributed by atoms with E-state index in [1.54, 1.807) is 23.8 Å². The Morgan fingerprint density at radius 3 is 2.31 bits per heavy atom. The fourth-order valence-corrected chi connectivity index (χ4v) is 2.53. The molecule has 2 aromatic rings. The van der Waals surface area contributed by atoms with Crippen molar-refractivity contribution in [2.45, 2.75) is 27.3 Å². The van der Waals surface area contributed by atoms with Gasteiger partial charge in [0.05, 0.1) is 0 Å². The summed E-state index contributed by atoms with van der Waals surface area (Å²) in [5.74, 6) is -0.116. The summed E-state index contributed by atoms with van der Waals surface area (Å²) in [7, 11) is 1.59. The quantitative estimate of drug-likeness (QED) is 0.497. The lowest BCUT2D eigenvalue weighted by Gasteiger charge is -2.14. The van der Waals surface area contributed by atoms with Gasteiger partial charge in [-0.1, -0.05) is 51.1 Å². The molecule has 1 aromatic heterocycles. The number of nitrogens with one attached hydrogen (secondary N) is 1. The highest BCUT2D eigenvalue weighted by Gasteiger charge is 2.26. The van der Waals surface area contributed by atoms with Crippen LogP contribution in [0.1, 0.15) is 31.9 Å². The number of nitrogens with zero attached hydrogens (tertiary/aromatic N) is 1. The standard InChI is InChI=1S/C21H23ClN2O2/c1-21(2,3)18(25)14-24-13-16(10-11-19(24)22)17(12-20(26)23-4)15-8-6-5-7-9-15/h5-13H,14H2,1-4H3/p+1/b17-12-. The lowest BCUT2D eigenvalue weighted by molar-refractivity contribution is -0.682. The van der Waals surface area contributed by atoms with Crippen molar-refractivity contribution in [3.8, 4) is 0 Å². The molecule has 0 saturated carbocycles. The van der Waals surface area contributed by atoms with E-state index in [1.807, 2.05) is 63.4 Å². The van der Waals surface area contributed by atoms with Crippen molar-refractivity contribution in [2.75, 3.05) is 7.05 Å². The van der Waals surface area contributed by atoms with Gasteiger partial charge in [0, 0.05) is 35.7 Å². The minimum absolute atomic E-state index is 0.0816. The molecule has 0 fully saturated rings. The predicted octanol–water partition coefficient (Wildman–Crippen LogP) is 3.42. The first-order valence-electron chi connectivity index (χ1n) is 8.44. The van der Waals surface area contributed by atoms with Crippen LogP contribution in [0.4, 0.5) is 0 Å². The van der Waals surface area contributed by atoms with E-state index in [9.17, 15) is 9.59 Å². The molecule has 4 nitrogen and oxygen atoms in total. The SMILES string of the molecule is CNC(=O)/C=C(/c1ccccc1)c1ccc(Cl)[n+](CC(=O)C(C)(C)C)c1. The topological polar surface area (TPSA) is 50.1 Å². The molecule has 1 aromatic carbocycles. The monoisotopic (exact) mass is 371 g/mol. The van der Waals surface area contributed by atoms with E-state index in [0.717, 1.165) is 16.7 Å². The van der Waals surface area contributed by atoms with Gasteiger partial charge in [-0.25, -0.2) is 0 Å². The van der Waals surface area contributed by atoms with Crippen LogP contribution in [0.15, 0.2) is 54.7 Å². The Balaban J connectivity index is 2.50. The minimum Gasteiger partial charge on any atom is -0.356 e. The Morgan fingerprint density at radius 1 is 1.08 bits per heavy atom. The van der Waals surface area contributed by atoms with Crippen LogP contribution in [0.5, 0.6) is 0 Å². The summed E-state index contributed by atoms with van der Waals surface area (Å²) in [5, 5.41) is 3.08. The number of hydrogen-bond donors (Lipinski definition) is 1. The molecule has 136 valence electrons. The average molecular weight is 372 g/mol. The maximum Gasteiger partial charge on any atom is 0.275 e. The number of likely N-dealkylation sites (N-methyl/N-ethyl adjacent to an activating group) is 1.